The van der Waals surface area contributed by atoms with Gasteiger partial charge in [0.15, 0.2) is 12.2 Å². The van der Waals surface area contributed by atoms with E-state index in [1.807, 2.05) is 0 Å². The van der Waals surface area contributed by atoms with Crippen LogP contribution in [-0.2, 0) is 14.4 Å². The number of carbonyl (C=O) groups is 2. The highest BCUT2D eigenvalue weighted by molar-refractivity contribution is 5.86. The molecule has 1 aliphatic carbocycles. The van der Waals surface area contributed by atoms with Crippen LogP contribution >= 0.6 is 0 Å². The highest BCUT2D eigenvalue weighted by atomic mass is 16.7. The number of nitrogens with zero attached hydrogens (tertiary/aromatic N) is 2. The summed E-state index contributed by atoms with van der Waals surface area (Å²) in [5.74, 6) is -1.92. The van der Waals surface area contributed by atoms with Gasteiger partial charge in [-0.3, -0.25) is 0 Å². The molecule has 24 heavy (non-hydrogen) atoms. The van der Waals surface area contributed by atoms with E-state index in [1.165, 1.54) is 17.3 Å². The lowest BCUT2D eigenvalue weighted by atomic mass is 10.2. The van der Waals surface area contributed by atoms with Crippen molar-refractivity contribution in [2.75, 3.05) is 6.54 Å². The van der Waals surface area contributed by atoms with Crippen LogP contribution in [0.3, 0.4) is 0 Å². The molecule has 0 radical (unpaired) electrons. The second-order valence-electron chi connectivity index (χ2n) is 5.94. The zero-order chi connectivity index (χ0) is 17.3. The molecular formula is C15H19N3O6. The molecule has 2 aliphatic rings. The number of ether oxygens (including phenoxy) is 1. The molecule has 1 aliphatic heterocycles. The number of aliphatic hydroxyl groups is 2. The van der Waals surface area contributed by atoms with Crippen molar-refractivity contribution in [2.24, 2.45) is 11.7 Å². The molecule has 4 N–H and O–H groups in total. The summed E-state index contributed by atoms with van der Waals surface area (Å²) in [6, 6.07) is 4.60. The molecule has 1 aromatic rings. The molecule has 130 valence electrons. The topological polar surface area (TPSA) is 135 Å². The third kappa shape index (κ3) is 3.39. The summed E-state index contributed by atoms with van der Waals surface area (Å²) in [7, 11) is 0. The second kappa shape index (κ2) is 6.81. The van der Waals surface area contributed by atoms with Gasteiger partial charge in [0.05, 0.1) is 6.04 Å². The van der Waals surface area contributed by atoms with E-state index in [0.29, 0.717) is 12.5 Å². The number of aromatic nitrogens is 1. The molecule has 0 bridgehead atoms. The Hall–Kier alpha value is -2.07. The van der Waals surface area contributed by atoms with Gasteiger partial charge in [0.1, 0.15) is 0 Å². The molecule has 1 aromatic heterocycles. The van der Waals surface area contributed by atoms with E-state index in [-0.39, 0.29) is 18.0 Å². The molecule has 9 nitrogen and oxygen atoms in total. The van der Waals surface area contributed by atoms with E-state index in [9.17, 15) is 19.8 Å². The van der Waals surface area contributed by atoms with Gasteiger partial charge in [-0.15, -0.1) is 5.06 Å². The number of hydrogen-bond acceptors (Lipinski definition) is 9. The highest BCUT2D eigenvalue weighted by Gasteiger charge is 2.54. The number of fused-ring (bicyclic) bond motifs is 1. The molecule has 0 amide bonds. The largest absolute Gasteiger partial charge is 0.405 e. The number of pyridine rings is 1. The molecule has 1 saturated heterocycles. The average Bonchev–Trinajstić information content (AvgIpc) is 3.28. The van der Waals surface area contributed by atoms with Gasteiger partial charge in [0, 0.05) is 24.8 Å². The van der Waals surface area contributed by atoms with Gasteiger partial charge in [-0.05, 0) is 24.8 Å². The number of hydroxylamine groups is 2. The molecule has 5 unspecified atom stereocenters. The summed E-state index contributed by atoms with van der Waals surface area (Å²) in [5.41, 5.74) is 5.63. The maximum absolute atomic E-state index is 12.0. The molecule has 0 spiro atoms. The SMILES string of the molecule is NCC1CC2CC2N1OC(=O)C(O)C(O)C(=O)Oc1ccccn1. The van der Waals surface area contributed by atoms with Crippen LogP contribution in [0.1, 0.15) is 12.8 Å². The number of hydrogen-bond donors (Lipinski definition) is 3. The molecule has 0 aromatic carbocycles. The van der Waals surface area contributed by atoms with Crippen molar-refractivity contribution >= 4 is 11.9 Å². The van der Waals surface area contributed by atoms with Gasteiger partial charge >= 0.3 is 11.9 Å². The number of rotatable bonds is 6. The first-order valence-corrected chi connectivity index (χ1v) is 7.70. The van der Waals surface area contributed by atoms with Crippen molar-refractivity contribution in [3.8, 4) is 5.88 Å². The standard InChI is InChI=1S/C15H19N3O6/c16-7-9-5-8-6-10(8)18(9)24-15(22)13(20)12(19)14(21)23-11-3-1-2-4-17-11/h1-4,8-10,12-13,19-20H,5-7,16H2. The maximum Gasteiger partial charge on any atom is 0.357 e. The van der Waals surface area contributed by atoms with E-state index in [4.69, 9.17) is 15.3 Å². The Bertz CT molecular complexity index is 612. The number of piperidine rings is 1. The van der Waals surface area contributed by atoms with Gasteiger partial charge in [-0.1, -0.05) is 6.07 Å². The number of aliphatic hydroxyl groups excluding tert-OH is 2. The van der Waals surface area contributed by atoms with Crippen LogP contribution in [0.15, 0.2) is 24.4 Å². The summed E-state index contributed by atoms with van der Waals surface area (Å²) >= 11 is 0. The van der Waals surface area contributed by atoms with Crippen LogP contribution in [0.5, 0.6) is 5.88 Å². The van der Waals surface area contributed by atoms with Crippen molar-refractivity contribution in [1.82, 2.24) is 10.0 Å². The Morgan fingerprint density at radius 1 is 1.29 bits per heavy atom. The van der Waals surface area contributed by atoms with Crippen LogP contribution < -0.4 is 10.5 Å². The molecule has 2 fully saturated rings. The van der Waals surface area contributed by atoms with Gasteiger partial charge < -0.3 is 25.5 Å². The quantitative estimate of drug-likeness (QED) is 0.535. The summed E-state index contributed by atoms with van der Waals surface area (Å²) in [5, 5.41) is 21.1. The lowest BCUT2D eigenvalue weighted by molar-refractivity contribution is -0.214. The zero-order valence-electron chi connectivity index (χ0n) is 12.8. The molecule has 1 saturated carbocycles. The number of carbonyl (C=O) groups excluding carboxylic acids is 2. The van der Waals surface area contributed by atoms with E-state index in [1.54, 1.807) is 12.1 Å². The Morgan fingerprint density at radius 2 is 2.04 bits per heavy atom. The fourth-order valence-corrected chi connectivity index (χ4v) is 2.85. The molecule has 3 rings (SSSR count). The monoisotopic (exact) mass is 337 g/mol. The number of esters is 1. The van der Waals surface area contributed by atoms with E-state index in [0.717, 1.165) is 12.8 Å². The minimum atomic E-state index is -2.08. The van der Waals surface area contributed by atoms with Crippen LogP contribution in [0, 0.1) is 5.92 Å². The Morgan fingerprint density at radius 3 is 2.71 bits per heavy atom. The minimum absolute atomic E-state index is 0.0503. The van der Waals surface area contributed by atoms with E-state index >= 15 is 0 Å². The molecule has 5 atom stereocenters. The lowest BCUT2D eigenvalue weighted by Crippen LogP contribution is -2.47. The van der Waals surface area contributed by atoms with E-state index < -0.39 is 24.1 Å². The van der Waals surface area contributed by atoms with Gasteiger partial charge in [0.2, 0.25) is 5.88 Å². The van der Waals surface area contributed by atoms with Crippen molar-refractivity contribution < 1.29 is 29.4 Å². The zero-order valence-corrected chi connectivity index (χ0v) is 12.8. The summed E-state index contributed by atoms with van der Waals surface area (Å²) in [6.07, 6.45) is -1.00. The van der Waals surface area contributed by atoms with E-state index in [2.05, 4.69) is 4.98 Å². The van der Waals surface area contributed by atoms with Crippen molar-refractivity contribution in [2.45, 2.75) is 37.1 Å². The van der Waals surface area contributed by atoms with Gasteiger partial charge in [-0.2, -0.15) is 0 Å². The summed E-state index contributed by atoms with van der Waals surface area (Å²) < 4.78 is 4.79. The second-order valence-corrected chi connectivity index (χ2v) is 5.94. The Labute approximate surface area is 137 Å². The van der Waals surface area contributed by atoms with Crippen LogP contribution in [0.25, 0.3) is 0 Å². The average molecular weight is 337 g/mol. The van der Waals surface area contributed by atoms with Gasteiger partial charge in [0.25, 0.3) is 0 Å². The minimum Gasteiger partial charge on any atom is -0.405 e. The van der Waals surface area contributed by atoms with Crippen LogP contribution in [-0.4, -0.2) is 63.0 Å². The van der Waals surface area contributed by atoms with Crippen molar-refractivity contribution in [1.29, 1.82) is 0 Å². The third-order valence-electron chi connectivity index (χ3n) is 4.24. The normalized spacial score (nSPS) is 27.9. The van der Waals surface area contributed by atoms with Gasteiger partial charge in [-0.25, -0.2) is 14.6 Å². The maximum atomic E-state index is 12.0. The molecule has 9 heteroatoms. The predicted octanol–water partition coefficient (Wildman–Crippen LogP) is -1.41. The van der Waals surface area contributed by atoms with Crippen LogP contribution in [0.4, 0.5) is 0 Å². The highest BCUT2D eigenvalue weighted by Crippen LogP contribution is 2.47. The predicted molar refractivity (Wildman–Crippen MR) is 79.2 cm³/mol. The first kappa shape index (κ1) is 16.8. The fraction of sp³-hybridized carbons (Fsp3) is 0.533. The Balaban J connectivity index is 1.55. The molecule has 2 heterocycles. The Kier molecular flexibility index (Phi) is 4.76. The first-order chi connectivity index (χ1) is 11.5. The summed E-state index contributed by atoms with van der Waals surface area (Å²) in [6.45, 7) is 0.320. The first-order valence-electron chi connectivity index (χ1n) is 7.70. The fourth-order valence-electron chi connectivity index (χ4n) is 2.85. The number of nitrogens with two attached hydrogens (primary N) is 1. The smallest absolute Gasteiger partial charge is 0.357 e. The lowest BCUT2D eigenvalue weighted by Gasteiger charge is -2.26. The molecular weight excluding hydrogens is 318 g/mol. The van der Waals surface area contributed by atoms with Crippen molar-refractivity contribution in [3.63, 3.8) is 0 Å². The van der Waals surface area contributed by atoms with Crippen LogP contribution in [0.2, 0.25) is 0 Å². The van der Waals surface area contributed by atoms with Crippen molar-refractivity contribution in [3.05, 3.63) is 24.4 Å². The summed E-state index contributed by atoms with van der Waals surface area (Å²) in [4.78, 5) is 32.6. The third-order valence-corrected chi connectivity index (χ3v) is 4.24.